The van der Waals surface area contributed by atoms with E-state index in [9.17, 15) is 19.7 Å². The summed E-state index contributed by atoms with van der Waals surface area (Å²) in [5, 5.41) is 10.7. The first-order valence-electron chi connectivity index (χ1n) is 6.94. The average molecular weight is 307 g/mol. The Labute approximate surface area is 127 Å². The van der Waals surface area contributed by atoms with Crippen molar-refractivity contribution in [1.29, 1.82) is 0 Å². The maximum atomic E-state index is 12.1. The van der Waals surface area contributed by atoms with E-state index in [1.54, 1.807) is 4.90 Å². The number of nitro benzene ring substituents is 1. The molecule has 1 atom stereocenters. The Morgan fingerprint density at radius 2 is 2.00 bits per heavy atom. The minimum absolute atomic E-state index is 0.0661. The summed E-state index contributed by atoms with van der Waals surface area (Å²) in [4.78, 5) is 35.9. The molecule has 22 heavy (non-hydrogen) atoms. The first-order valence-corrected chi connectivity index (χ1v) is 6.94. The highest BCUT2D eigenvalue weighted by Gasteiger charge is 2.27. The third-order valence-electron chi connectivity index (χ3n) is 3.52. The van der Waals surface area contributed by atoms with Crippen LogP contribution in [0.15, 0.2) is 18.2 Å². The number of nitrogens with two attached hydrogens (primary N) is 1. The predicted octanol–water partition coefficient (Wildman–Crippen LogP) is 1.34. The highest BCUT2D eigenvalue weighted by molar-refractivity contribution is 5.97. The van der Waals surface area contributed by atoms with Crippen LogP contribution in [-0.2, 0) is 9.53 Å². The Hall–Kier alpha value is -2.64. The maximum Gasteiger partial charge on any atom is 0.341 e. The van der Waals surface area contributed by atoms with E-state index in [1.165, 1.54) is 19.1 Å². The number of hydrogen-bond donors (Lipinski definition) is 1. The molecule has 1 amide bonds. The lowest BCUT2D eigenvalue weighted by Crippen LogP contribution is -2.38. The van der Waals surface area contributed by atoms with E-state index in [0.717, 1.165) is 18.9 Å². The molecule has 1 aromatic carbocycles. The second-order valence-electron chi connectivity index (χ2n) is 5.11. The van der Waals surface area contributed by atoms with Gasteiger partial charge in [0.15, 0.2) is 6.10 Å². The van der Waals surface area contributed by atoms with Crippen molar-refractivity contribution in [3.05, 3.63) is 33.9 Å². The van der Waals surface area contributed by atoms with Gasteiger partial charge in [-0.05, 0) is 25.8 Å². The lowest BCUT2D eigenvalue weighted by Gasteiger charge is -2.20. The Morgan fingerprint density at radius 1 is 1.36 bits per heavy atom. The van der Waals surface area contributed by atoms with Gasteiger partial charge in [-0.1, -0.05) is 0 Å². The zero-order valence-corrected chi connectivity index (χ0v) is 12.2. The van der Waals surface area contributed by atoms with Gasteiger partial charge in [-0.2, -0.15) is 0 Å². The number of benzene rings is 1. The van der Waals surface area contributed by atoms with Crippen LogP contribution in [0.3, 0.4) is 0 Å². The molecule has 8 heteroatoms. The minimum Gasteiger partial charge on any atom is -0.449 e. The second-order valence-corrected chi connectivity index (χ2v) is 5.11. The largest absolute Gasteiger partial charge is 0.449 e. The fourth-order valence-electron chi connectivity index (χ4n) is 2.30. The van der Waals surface area contributed by atoms with Gasteiger partial charge in [0.25, 0.3) is 11.6 Å². The van der Waals surface area contributed by atoms with Gasteiger partial charge in [-0.15, -0.1) is 0 Å². The van der Waals surface area contributed by atoms with Crippen molar-refractivity contribution >= 4 is 23.3 Å². The first-order chi connectivity index (χ1) is 10.4. The quantitative estimate of drug-likeness (QED) is 0.388. The first kappa shape index (κ1) is 15.7. The van der Waals surface area contributed by atoms with Crippen LogP contribution in [0.2, 0.25) is 0 Å². The molecule has 8 nitrogen and oxygen atoms in total. The Kier molecular flexibility index (Phi) is 4.59. The number of nitro groups is 1. The summed E-state index contributed by atoms with van der Waals surface area (Å²) in [7, 11) is 0. The monoisotopic (exact) mass is 307 g/mol. The van der Waals surface area contributed by atoms with Gasteiger partial charge in [0.2, 0.25) is 0 Å². The second kappa shape index (κ2) is 6.42. The minimum atomic E-state index is -0.954. The molecule has 1 aliphatic heterocycles. The van der Waals surface area contributed by atoms with E-state index < -0.39 is 17.0 Å². The number of nitrogens with zero attached hydrogens (tertiary/aromatic N) is 2. The maximum absolute atomic E-state index is 12.1. The van der Waals surface area contributed by atoms with Crippen LogP contribution in [0.25, 0.3) is 0 Å². The molecule has 0 aromatic heterocycles. The lowest BCUT2D eigenvalue weighted by atomic mass is 10.1. The van der Waals surface area contributed by atoms with Gasteiger partial charge in [-0.3, -0.25) is 14.9 Å². The topological polar surface area (TPSA) is 116 Å². The molecule has 2 rings (SSSR count). The number of nitrogen functional groups attached to an aromatic ring is 1. The number of hydrogen-bond acceptors (Lipinski definition) is 6. The van der Waals surface area contributed by atoms with Crippen LogP contribution in [0.5, 0.6) is 0 Å². The Morgan fingerprint density at radius 3 is 2.59 bits per heavy atom. The molecule has 1 heterocycles. The number of ether oxygens (including phenoxy) is 1. The van der Waals surface area contributed by atoms with Gasteiger partial charge >= 0.3 is 5.97 Å². The summed E-state index contributed by atoms with van der Waals surface area (Å²) in [5.41, 5.74) is 5.33. The summed E-state index contributed by atoms with van der Waals surface area (Å²) in [6, 6.07) is 3.51. The molecule has 118 valence electrons. The van der Waals surface area contributed by atoms with Gasteiger partial charge < -0.3 is 15.4 Å². The van der Waals surface area contributed by atoms with Crippen molar-refractivity contribution in [3.8, 4) is 0 Å². The van der Waals surface area contributed by atoms with E-state index in [4.69, 9.17) is 10.5 Å². The fourth-order valence-corrected chi connectivity index (χ4v) is 2.30. The zero-order chi connectivity index (χ0) is 16.3. The molecule has 0 aliphatic carbocycles. The van der Waals surface area contributed by atoms with Crippen molar-refractivity contribution in [3.63, 3.8) is 0 Å². The number of amides is 1. The third kappa shape index (κ3) is 3.33. The van der Waals surface area contributed by atoms with Crippen molar-refractivity contribution in [2.75, 3.05) is 18.8 Å². The molecule has 1 fully saturated rings. The number of carbonyl (C=O) groups excluding carboxylic acids is 2. The summed E-state index contributed by atoms with van der Waals surface area (Å²) < 4.78 is 5.09. The molecule has 0 radical (unpaired) electrons. The Balaban J connectivity index is 2.09. The van der Waals surface area contributed by atoms with E-state index in [1.807, 2.05) is 0 Å². The van der Waals surface area contributed by atoms with Crippen LogP contribution >= 0.6 is 0 Å². The average Bonchev–Trinajstić information content (AvgIpc) is 3.00. The number of anilines is 1. The van der Waals surface area contributed by atoms with Gasteiger partial charge in [0.1, 0.15) is 0 Å². The van der Waals surface area contributed by atoms with Gasteiger partial charge in [-0.25, -0.2) is 4.79 Å². The molecular formula is C14H17N3O5. The molecule has 0 spiro atoms. The predicted molar refractivity (Wildman–Crippen MR) is 78.2 cm³/mol. The van der Waals surface area contributed by atoms with Crippen molar-refractivity contribution in [2.45, 2.75) is 25.9 Å². The molecule has 1 saturated heterocycles. The van der Waals surface area contributed by atoms with Crippen molar-refractivity contribution in [2.24, 2.45) is 0 Å². The molecule has 0 saturated carbocycles. The molecular weight excluding hydrogens is 290 g/mol. The van der Waals surface area contributed by atoms with Crippen LogP contribution < -0.4 is 5.73 Å². The van der Waals surface area contributed by atoms with Crippen LogP contribution in [0.4, 0.5) is 11.4 Å². The van der Waals surface area contributed by atoms with Crippen LogP contribution in [0, 0.1) is 10.1 Å². The SMILES string of the molecule is CC(OC(=O)c1cc([N+](=O)[O-])ccc1N)C(=O)N1CCCC1. The number of carbonyl (C=O) groups is 2. The molecule has 2 N–H and O–H groups in total. The summed E-state index contributed by atoms with van der Waals surface area (Å²) in [5.74, 6) is -1.11. The highest BCUT2D eigenvalue weighted by atomic mass is 16.6. The van der Waals surface area contributed by atoms with Gasteiger partial charge in [0, 0.05) is 30.9 Å². The van der Waals surface area contributed by atoms with Crippen LogP contribution in [0.1, 0.15) is 30.1 Å². The third-order valence-corrected chi connectivity index (χ3v) is 3.52. The van der Waals surface area contributed by atoms with E-state index in [0.29, 0.717) is 13.1 Å². The standard InChI is InChI=1S/C14H17N3O5/c1-9(13(18)16-6-2-3-7-16)22-14(19)11-8-10(17(20)21)4-5-12(11)15/h4-5,8-9H,2-3,6-7,15H2,1H3. The van der Waals surface area contributed by atoms with Gasteiger partial charge in [0.05, 0.1) is 10.5 Å². The summed E-state index contributed by atoms with van der Waals surface area (Å²) in [6.07, 6.45) is 0.915. The van der Waals surface area contributed by atoms with Crippen LogP contribution in [-0.4, -0.2) is 40.9 Å². The fraction of sp³-hybridized carbons (Fsp3) is 0.429. The normalized spacial score (nSPS) is 15.4. The van der Waals surface area contributed by atoms with E-state index >= 15 is 0 Å². The summed E-state index contributed by atoms with van der Waals surface area (Å²) in [6.45, 7) is 2.78. The van der Waals surface area contributed by atoms with E-state index in [-0.39, 0.29) is 22.8 Å². The number of esters is 1. The molecule has 1 aliphatic rings. The number of likely N-dealkylation sites (tertiary alicyclic amines) is 1. The van der Waals surface area contributed by atoms with Crippen molar-refractivity contribution < 1.29 is 19.2 Å². The number of non-ortho nitro benzene ring substituents is 1. The summed E-state index contributed by atoms with van der Waals surface area (Å²) >= 11 is 0. The van der Waals surface area contributed by atoms with Crippen molar-refractivity contribution in [1.82, 2.24) is 4.90 Å². The van der Waals surface area contributed by atoms with E-state index in [2.05, 4.69) is 0 Å². The zero-order valence-electron chi connectivity index (χ0n) is 12.2. The molecule has 0 bridgehead atoms. The lowest BCUT2D eigenvalue weighted by molar-refractivity contribution is -0.384. The molecule has 1 unspecified atom stereocenters. The number of rotatable bonds is 4. The highest BCUT2D eigenvalue weighted by Crippen LogP contribution is 2.21. The Bertz CT molecular complexity index is 610. The smallest absolute Gasteiger partial charge is 0.341 e. The molecule has 1 aromatic rings.